The fraction of sp³-hybridized carbons (Fsp3) is 0.769. The topological polar surface area (TPSA) is 78.9 Å². The molecule has 19 heavy (non-hydrogen) atoms. The second-order valence-corrected chi connectivity index (χ2v) is 3.91. The molecule has 0 aliphatic rings. The van der Waals surface area contributed by atoms with Gasteiger partial charge in [-0.15, -0.1) is 0 Å². The molecule has 0 radical (unpaired) electrons. The first-order chi connectivity index (χ1) is 8.97. The highest BCUT2D eigenvalue weighted by atomic mass is 16.5. The summed E-state index contributed by atoms with van der Waals surface area (Å²) >= 11 is 0. The van der Waals surface area contributed by atoms with Gasteiger partial charge in [0.25, 0.3) is 0 Å². The van der Waals surface area contributed by atoms with Crippen LogP contribution in [0.25, 0.3) is 0 Å². The van der Waals surface area contributed by atoms with Gasteiger partial charge in [-0.25, -0.2) is 0 Å². The summed E-state index contributed by atoms with van der Waals surface area (Å²) in [6.07, 6.45) is -0.188. The van der Waals surface area contributed by atoms with E-state index in [-0.39, 0.29) is 26.2 Å². The van der Waals surface area contributed by atoms with Crippen molar-refractivity contribution >= 4 is 17.9 Å². The van der Waals surface area contributed by atoms with Crippen LogP contribution in [0.2, 0.25) is 0 Å². The zero-order valence-electron chi connectivity index (χ0n) is 11.9. The van der Waals surface area contributed by atoms with Crippen molar-refractivity contribution in [1.82, 2.24) is 0 Å². The van der Waals surface area contributed by atoms with Crippen molar-refractivity contribution in [2.75, 3.05) is 19.8 Å². The lowest BCUT2D eigenvalue weighted by molar-refractivity contribution is -0.163. The molecule has 0 aromatic carbocycles. The Kier molecular flexibility index (Phi) is 8.57. The Hall–Kier alpha value is -1.59. The molecule has 0 fully saturated rings. The van der Waals surface area contributed by atoms with Gasteiger partial charge in [0.1, 0.15) is 0 Å². The Morgan fingerprint density at radius 1 is 0.842 bits per heavy atom. The Morgan fingerprint density at radius 2 is 1.32 bits per heavy atom. The lowest BCUT2D eigenvalue weighted by Gasteiger charge is -2.20. The molecule has 0 bridgehead atoms. The number of esters is 3. The Morgan fingerprint density at radius 3 is 1.79 bits per heavy atom. The van der Waals surface area contributed by atoms with Gasteiger partial charge in [-0.3, -0.25) is 14.4 Å². The Bertz CT molecular complexity index is 312. The number of carbonyl (C=O) groups excluding carboxylic acids is 3. The number of hydrogen-bond donors (Lipinski definition) is 0. The second-order valence-electron chi connectivity index (χ2n) is 3.91. The van der Waals surface area contributed by atoms with Crippen LogP contribution in [-0.2, 0) is 28.6 Å². The number of carbonyl (C=O) groups is 3. The summed E-state index contributed by atoms with van der Waals surface area (Å²) in [6.45, 7) is 7.18. The lowest BCUT2D eigenvalue weighted by atomic mass is 9.91. The maximum Gasteiger partial charge on any atom is 0.310 e. The smallest absolute Gasteiger partial charge is 0.310 e. The van der Waals surface area contributed by atoms with Gasteiger partial charge >= 0.3 is 17.9 Å². The molecule has 0 saturated heterocycles. The van der Waals surface area contributed by atoms with Crippen molar-refractivity contribution < 1.29 is 28.6 Å². The first kappa shape index (κ1) is 17.4. The summed E-state index contributed by atoms with van der Waals surface area (Å²) in [6, 6.07) is 0. The maximum absolute atomic E-state index is 11.8. The Balaban J connectivity index is 4.79. The minimum Gasteiger partial charge on any atom is -0.466 e. The van der Waals surface area contributed by atoms with Gasteiger partial charge in [-0.05, 0) is 20.8 Å². The van der Waals surface area contributed by atoms with Crippen molar-refractivity contribution in [2.24, 2.45) is 11.8 Å². The van der Waals surface area contributed by atoms with Gasteiger partial charge in [0.05, 0.1) is 38.1 Å². The van der Waals surface area contributed by atoms with Crippen LogP contribution in [0.15, 0.2) is 0 Å². The van der Waals surface area contributed by atoms with E-state index in [1.54, 1.807) is 27.7 Å². The first-order valence-electron chi connectivity index (χ1n) is 6.46. The van der Waals surface area contributed by atoms with Crippen molar-refractivity contribution in [3.05, 3.63) is 0 Å². The zero-order chi connectivity index (χ0) is 14.8. The normalized spacial score (nSPS) is 13.3. The molecule has 0 rings (SSSR count). The molecule has 0 heterocycles. The molecule has 2 atom stereocenters. The van der Waals surface area contributed by atoms with Crippen LogP contribution < -0.4 is 0 Å². The van der Waals surface area contributed by atoms with E-state index in [1.807, 2.05) is 0 Å². The molecule has 0 amide bonds. The van der Waals surface area contributed by atoms with Gasteiger partial charge in [0, 0.05) is 0 Å². The number of hydrogen-bond acceptors (Lipinski definition) is 6. The van der Waals surface area contributed by atoms with Crippen molar-refractivity contribution in [1.29, 1.82) is 0 Å². The lowest BCUT2D eigenvalue weighted by Crippen LogP contribution is -2.33. The van der Waals surface area contributed by atoms with Crippen LogP contribution in [-0.4, -0.2) is 37.7 Å². The quantitative estimate of drug-likeness (QED) is 0.490. The predicted octanol–water partition coefficient (Wildman–Crippen LogP) is 1.32. The number of rotatable bonds is 8. The van der Waals surface area contributed by atoms with Gasteiger partial charge in [0.15, 0.2) is 0 Å². The van der Waals surface area contributed by atoms with Gasteiger partial charge in [-0.1, -0.05) is 6.92 Å². The SMILES string of the molecule is CCOC(=O)C[C@@H](C(=O)OCC)[C@@H](C)C(=O)OCC. The van der Waals surface area contributed by atoms with Gasteiger partial charge in [-0.2, -0.15) is 0 Å². The van der Waals surface area contributed by atoms with Crippen molar-refractivity contribution in [2.45, 2.75) is 34.1 Å². The summed E-state index contributed by atoms with van der Waals surface area (Å²) in [5, 5.41) is 0. The molecule has 0 N–H and O–H groups in total. The third-order valence-electron chi connectivity index (χ3n) is 2.54. The van der Waals surface area contributed by atoms with Crippen molar-refractivity contribution in [3.8, 4) is 0 Å². The highest BCUT2D eigenvalue weighted by Gasteiger charge is 2.34. The van der Waals surface area contributed by atoms with Gasteiger partial charge in [0.2, 0.25) is 0 Å². The fourth-order valence-corrected chi connectivity index (χ4v) is 1.55. The summed E-state index contributed by atoms with van der Waals surface area (Å²) in [5.41, 5.74) is 0. The molecule has 0 aliphatic carbocycles. The van der Waals surface area contributed by atoms with E-state index < -0.39 is 29.7 Å². The predicted molar refractivity (Wildman–Crippen MR) is 67.2 cm³/mol. The molecular formula is C13H22O6. The monoisotopic (exact) mass is 274 g/mol. The van der Waals surface area contributed by atoms with E-state index >= 15 is 0 Å². The number of ether oxygens (including phenoxy) is 3. The Labute approximate surface area is 113 Å². The van der Waals surface area contributed by atoms with E-state index in [4.69, 9.17) is 14.2 Å². The maximum atomic E-state index is 11.8. The molecule has 0 unspecified atom stereocenters. The van der Waals surface area contributed by atoms with E-state index in [0.29, 0.717) is 0 Å². The van der Waals surface area contributed by atoms with Crippen molar-refractivity contribution in [3.63, 3.8) is 0 Å². The van der Waals surface area contributed by atoms with Crippen LogP contribution >= 0.6 is 0 Å². The highest BCUT2D eigenvalue weighted by molar-refractivity contribution is 5.85. The third kappa shape index (κ3) is 6.22. The van der Waals surface area contributed by atoms with Crippen LogP contribution in [0.1, 0.15) is 34.1 Å². The van der Waals surface area contributed by atoms with Crippen LogP contribution in [0.4, 0.5) is 0 Å². The summed E-state index contributed by atoms with van der Waals surface area (Å²) in [4.78, 5) is 34.9. The molecule has 0 aromatic heterocycles. The average molecular weight is 274 g/mol. The minimum atomic E-state index is -0.877. The summed E-state index contributed by atoms with van der Waals surface area (Å²) < 4.78 is 14.5. The summed E-state index contributed by atoms with van der Waals surface area (Å²) in [7, 11) is 0. The summed E-state index contributed by atoms with van der Waals surface area (Å²) in [5.74, 6) is -3.26. The molecule has 110 valence electrons. The standard InChI is InChI=1S/C13H22O6/c1-5-17-11(14)8-10(13(16)19-7-3)9(4)12(15)18-6-2/h9-10H,5-8H2,1-4H3/t9-,10-/m1/s1. The minimum absolute atomic E-state index is 0.188. The molecule has 0 aliphatic heterocycles. The van der Waals surface area contributed by atoms with Gasteiger partial charge < -0.3 is 14.2 Å². The van der Waals surface area contributed by atoms with E-state index in [0.717, 1.165) is 0 Å². The van der Waals surface area contributed by atoms with Crippen LogP contribution in [0.3, 0.4) is 0 Å². The molecular weight excluding hydrogens is 252 g/mol. The molecule has 0 aromatic rings. The van der Waals surface area contributed by atoms with E-state index in [1.165, 1.54) is 0 Å². The largest absolute Gasteiger partial charge is 0.466 e. The first-order valence-corrected chi connectivity index (χ1v) is 6.46. The van der Waals surface area contributed by atoms with Crippen LogP contribution in [0.5, 0.6) is 0 Å². The molecule has 6 nitrogen and oxygen atoms in total. The molecule has 0 saturated carbocycles. The van der Waals surface area contributed by atoms with E-state index in [2.05, 4.69) is 0 Å². The average Bonchev–Trinajstić information content (AvgIpc) is 2.36. The second kappa shape index (κ2) is 9.35. The molecule has 6 heteroatoms. The highest BCUT2D eigenvalue weighted by Crippen LogP contribution is 2.20. The fourth-order valence-electron chi connectivity index (χ4n) is 1.55. The molecule has 0 spiro atoms. The zero-order valence-corrected chi connectivity index (χ0v) is 11.9. The van der Waals surface area contributed by atoms with Crippen LogP contribution in [0, 0.1) is 11.8 Å². The third-order valence-corrected chi connectivity index (χ3v) is 2.54. The van der Waals surface area contributed by atoms with E-state index in [9.17, 15) is 14.4 Å².